The number of nitrogens with one attached hydrogen (secondary N) is 1. The molecule has 1 amide bonds. The maximum absolute atomic E-state index is 12.2. The highest BCUT2D eigenvalue weighted by atomic mass is 32.2. The molecule has 1 aliphatic rings. The van der Waals surface area contributed by atoms with Gasteiger partial charge in [-0.2, -0.15) is 11.8 Å². The maximum Gasteiger partial charge on any atom is 0.223 e. The molecule has 1 aliphatic heterocycles. The van der Waals surface area contributed by atoms with Crippen LogP contribution in [0, 0.1) is 11.8 Å². The molecule has 2 atom stereocenters. The number of hydrogen-bond donors (Lipinski definition) is 2. The van der Waals surface area contributed by atoms with E-state index in [1.807, 2.05) is 0 Å². The summed E-state index contributed by atoms with van der Waals surface area (Å²) in [7, 11) is 0. The van der Waals surface area contributed by atoms with E-state index in [9.17, 15) is 9.90 Å². The van der Waals surface area contributed by atoms with E-state index in [4.69, 9.17) is 0 Å². The van der Waals surface area contributed by atoms with E-state index in [0.29, 0.717) is 12.5 Å². The Morgan fingerprint density at radius 1 is 1.42 bits per heavy atom. The predicted octanol–water partition coefficient (Wildman–Crippen LogP) is 2.82. The second-order valence-electron chi connectivity index (χ2n) is 6.09. The second kappa shape index (κ2) is 8.15. The quantitative estimate of drug-likeness (QED) is 0.675. The van der Waals surface area contributed by atoms with Gasteiger partial charge in [-0.1, -0.05) is 40.0 Å². The summed E-state index contributed by atoms with van der Waals surface area (Å²) in [6.45, 7) is 6.81. The first-order valence-electron chi connectivity index (χ1n) is 7.56. The number of amides is 1. The first-order valence-corrected chi connectivity index (χ1v) is 8.72. The van der Waals surface area contributed by atoms with Crippen molar-refractivity contribution in [3.8, 4) is 0 Å². The summed E-state index contributed by atoms with van der Waals surface area (Å²) in [5.74, 6) is 2.32. The van der Waals surface area contributed by atoms with Crippen molar-refractivity contribution in [2.75, 3.05) is 18.1 Å². The fourth-order valence-corrected chi connectivity index (χ4v) is 3.80. The molecule has 0 saturated carbocycles. The molecule has 1 heterocycles. The summed E-state index contributed by atoms with van der Waals surface area (Å²) in [4.78, 5) is 12.2. The van der Waals surface area contributed by atoms with Crippen LogP contribution in [0.15, 0.2) is 0 Å². The Morgan fingerprint density at radius 3 is 2.68 bits per heavy atom. The highest BCUT2D eigenvalue weighted by molar-refractivity contribution is 7.99. The molecule has 2 unspecified atom stereocenters. The first kappa shape index (κ1) is 16.8. The standard InChI is InChI=1S/C15H29NO2S/c1-4-5-6-7-13(12(2)3)14(17)16-10-15(18)8-9-19-11-15/h12-13,18H,4-11H2,1-3H3,(H,16,17). The van der Waals surface area contributed by atoms with Crippen LogP contribution in [0.4, 0.5) is 0 Å². The van der Waals surface area contributed by atoms with E-state index in [0.717, 1.165) is 30.8 Å². The molecule has 0 aliphatic carbocycles. The zero-order valence-corrected chi connectivity index (χ0v) is 13.4. The van der Waals surface area contributed by atoms with Crippen molar-refractivity contribution in [1.82, 2.24) is 5.32 Å². The van der Waals surface area contributed by atoms with E-state index in [1.165, 1.54) is 12.8 Å². The van der Waals surface area contributed by atoms with E-state index in [2.05, 4.69) is 26.1 Å². The van der Waals surface area contributed by atoms with Crippen molar-refractivity contribution in [3.63, 3.8) is 0 Å². The molecular formula is C15H29NO2S. The number of rotatable bonds is 8. The number of unbranched alkanes of at least 4 members (excludes halogenated alkanes) is 2. The second-order valence-corrected chi connectivity index (χ2v) is 7.20. The molecule has 19 heavy (non-hydrogen) atoms. The van der Waals surface area contributed by atoms with Crippen molar-refractivity contribution >= 4 is 17.7 Å². The molecular weight excluding hydrogens is 258 g/mol. The van der Waals surface area contributed by atoms with E-state index >= 15 is 0 Å². The molecule has 0 aromatic rings. The molecule has 1 rings (SSSR count). The topological polar surface area (TPSA) is 49.3 Å². The Hall–Kier alpha value is -0.220. The van der Waals surface area contributed by atoms with Gasteiger partial charge in [0.25, 0.3) is 0 Å². The van der Waals surface area contributed by atoms with Crippen molar-refractivity contribution in [1.29, 1.82) is 0 Å². The maximum atomic E-state index is 12.2. The molecule has 0 bridgehead atoms. The molecule has 0 spiro atoms. The number of hydrogen-bond acceptors (Lipinski definition) is 3. The van der Waals surface area contributed by atoms with Crippen LogP contribution in [0.1, 0.15) is 52.9 Å². The van der Waals surface area contributed by atoms with Gasteiger partial charge in [0.15, 0.2) is 0 Å². The number of thioether (sulfide) groups is 1. The van der Waals surface area contributed by atoms with Crippen LogP contribution >= 0.6 is 11.8 Å². The molecule has 2 N–H and O–H groups in total. The van der Waals surface area contributed by atoms with E-state index in [1.54, 1.807) is 11.8 Å². The van der Waals surface area contributed by atoms with Gasteiger partial charge in [0.05, 0.1) is 5.60 Å². The van der Waals surface area contributed by atoms with Crippen LogP contribution in [0.2, 0.25) is 0 Å². The van der Waals surface area contributed by atoms with Gasteiger partial charge in [-0.15, -0.1) is 0 Å². The summed E-state index contributed by atoms with van der Waals surface area (Å²) < 4.78 is 0. The predicted molar refractivity (Wildman–Crippen MR) is 82.4 cm³/mol. The minimum Gasteiger partial charge on any atom is -0.387 e. The van der Waals surface area contributed by atoms with Gasteiger partial charge in [-0.05, 0) is 24.5 Å². The fraction of sp³-hybridized carbons (Fsp3) is 0.933. The third-order valence-corrected chi connectivity index (χ3v) is 5.17. The van der Waals surface area contributed by atoms with Gasteiger partial charge >= 0.3 is 0 Å². The molecule has 1 saturated heterocycles. The van der Waals surface area contributed by atoms with Crippen LogP contribution in [-0.2, 0) is 4.79 Å². The minimum absolute atomic E-state index is 0.0872. The van der Waals surface area contributed by atoms with Crippen LogP contribution in [-0.4, -0.2) is 34.7 Å². The molecule has 0 aromatic carbocycles. The highest BCUT2D eigenvalue weighted by Gasteiger charge is 2.33. The summed E-state index contributed by atoms with van der Waals surface area (Å²) >= 11 is 1.76. The van der Waals surface area contributed by atoms with Gasteiger partial charge < -0.3 is 10.4 Å². The lowest BCUT2D eigenvalue weighted by molar-refractivity contribution is -0.127. The van der Waals surface area contributed by atoms with Crippen molar-refractivity contribution in [2.45, 2.75) is 58.5 Å². The Bertz CT molecular complexity index is 275. The van der Waals surface area contributed by atoms with Gasteiger partial charge in [0, 0.05) is 18.2 Å². The van der Waals surface area contributed by atoms with Crippen molar-refractivity contribution in [3.05, 3.63) is 0 Å². The van der Waals surface area contributed by atoms with Gasteiger partial charge in [0.1, 0.15) is 0 Å². The van der Waals surface area contributed by atoms with E-state index in [-0.39, 0.29) is 11.8 Å². The van der Waals surface area contributed by atoms with E-state index < -0.39 is 5.60 Å². The monoisotopic (exact) mass is 287 g/mol. The first-order chi connectivity index (χ1) is 8.98. The van der Waals surface area contributed by atoms with Crippen LogP contribution in [0.25, 0.3) is 0 Å². The lowest BCUT2D eigenvalue weighted by Crippen LogP contribution is -2.45. The largest absolute Gasteiger partial charge is 0.387 e. The third kappa shape index (κ3) is 5.74. The number of aliphatic hydroxyl groups is 1. The van der Waals surface area contributed by atoms with Crippen LogP contribution < -0.4 is 5.32 Å². The summed E-state index contributed by atoms with van der Waals surface area (Å²) in [5, 5.41) is 13.2. The third-order valence-electron chi connectivity index (χ3n) is 3.93. The minimum atomic E-state index is -0.675. The Balaban J connectivity index is 2.38. The molecule has 1 fully saturated rings. The van der Waals surface area contributed by atoms with Gasteiger partial charge in [-0.3, -0.25) is 4.79 Å². The summed E-state index contributed by atoms with van der Waals surface area (Å²) in [5.41, 5.74) is -0.675. The molecule has 0 radical (unpaired) electrons. The number of carbonyl (C=O) groups excluding carboxylic acids is 1. The molecule has 112 valence electrons. The molecule has 3 nitrogen and oxygen atoms in total. The summed E-state index contributed by atoms with van der Waals surface area (Å²) in [6.07, 6.45) is 5.25. The number of carbonyl (C=O) groups is 1. The molecule has 4 heteroatoms. The summed E-state index contributed by atoms with van der Waals surface area (Å²) in [6, 6.07) is 0. The average molecular weight is 287 g/mol. The normalized spacial score (nSPS) is 24.7. The van der Waals surface area contributed by atoms with Gasteiger partial charge in [0.2, 0.25) is 5.91 Å². The van der Waals surface area contributed by atoms with Crippen LogP contribution in [0.5, 0.6) is 0 Å². The van der Waals surface area contributed by atoms with Crippen molar-refractivity contribution < 1.29 is 9.90 Å². The lowest BCUT2D eigenvalue weighted by Gasteiger charge is -2.25. The lowest BCUT2D eigenvalue weighted by atomic mass is 9.89. The zero-order valence-electron chi connectivity index (χ0n) is 12.6. The zero-order chi connectivity index (χ0) is 14.3. The molecule has 0 aromatic heterocycles. The Kier molecular flexibility index (Phi) is 7.22. The average Bonchev–Trinajstić information content (AvgIpc) is 2.79. The smallest absolute Gasteiger partial charge is 0.223 e. The Labute approximate surface area is 121 Å². The van der Waals surface area contributed by atoms with Crippen LogP contribution in [0.3, 0.4) is 0 Å². The van der Waals surface area contributed by atoms with Crippen molar-refractivity contribution in [2.24, 2.45) is 11.8 Å². The Morgan fingerprint density at radius 2 is 2.16 bits per heavy atom. The fourth-order valence-electron chi connectivity index (χ4n) is 2.50. The highest BCUT2D eigenvalue weighted by Crippen LogP contribution is 2.27. The SMILES string of the molecule is CCCCCC(C(=O)NCC1(O)CCSC1)C(C)C. The van der Waals surface area contributed by atoms with Gasteiger partial charge in [-0.25, -0.2) is 0 Å².